The molecule has 0 aliphatic carbocycles. The molecule has 2 aromatic carbocycles. The quantitative estimate of drug-likeness (QED) is 0.470. The van der Waals surface area contributed by atoms with Crippen LogP contribution in [0.4, 0.5) is 17.5 Å². The van der Waals surface area contributed by atoms with Crippen LogP contribution >= 0.6 is 0 Å². The lowest BCUT2D eigenvalue weighted by molar-refractivity contribution is 0.0322. The van der Waals surface area contributed by atoms with Gasteiger partial charge in [-0.2, -0.15) is 4.98 Å². The lowest BCUT2D eigenvalue weighted by Crippen LogP contribution is -2.38. The third kappa shape index (κ3) is 6.13. The molecule has 0 spiro atoms. The largest absolute Gasteiger partial charge is 0.492 e. The van der Waals surface area contributed by atoms with Gasteiger partial charge in [0.25, 0.3) is 0 Å². The highest BCUT2D eigenvalue weighted by Crippen LogP contribution is 2.30. The molecule has 5 rings (SSSR count). The summed E-state index contributed by atoms with van der Waals surface area (Å²) in [6.07, 6.45) is 3.29. The van der Waals surface area contributed by atoms with Crippen molar-refractivity contribution < 1.29 is 13.7 Å². The molecule has 10 heteroatoms. The lowest BCUT2D eigenvalue weighted by atomic mass is 10.1. The number of nitrogens with zero attached hydrogens (tertiary/aromatic N) is 3. The van der Waals surface area contributed by atoms with Crippen LogP contribution in [0.25, 0.3) is 11.1 Å². The Balaban J connectivity index is 1.31. The van der Waals surface area contributed by atoms with E-state index in [-0.39, 0.29) is 0 Å². The molecule has 1 aromatic heterocycles. The van der Waals surface area contributed by atoms with Gasteiger partial charge in [0.15, 0.2) is 0 Å². The number of benzene rings is 2. The van der Waals surface area contributed by atoms with Crippen molar-refractivity contribution in [2.24, 2.45) is 0 Å². The summed E-state index contributed by atoms with van der Waals surface area (Å²) in [4.78, 5) is 12.1. The van der Waals surface area contributed by atoms with Crippen molar-refractivity contribution in [2.45, 2.75) is 17.7 Å². The van der Waals surface area contributed by atoms with Gasteiger partial charge in [0.2, 0.25) is 5.95 Å². The molecule has 1 fully saturated rings. The van der Waals surface area contributed by atoms with Gasteiger partial charge in [0.1, 0.15) is 18.2 Å². The molecule has 2 aliphatic rings. The van der Waals surface area contributed by atoms with E-state index < -0.39 is 9.73 Å². The Kier molecular flexibility index (Phi) is 7.64. The number of rotatable bonds is 5. The van der Waals surface area contributed by atoms with Gasteiger partial charge in [-0.05, 0) is 48.7 Å². The van der Waals surface area contributed by atoms with Crippen molar-refractivity contribution in [2.75, 3.05) is 62.4 Å². The molecule has 0 radical (unpaired) electrons. The smallest absolute Gasteiger partial charge is 0.229 e. The molecule has 1 saturated heterocycles. The molecule has 3 aromatic rings. The van der Waals surface area contributed by atoms with Gasteiger partial charge < -0.3 is 20.1 Å². The maximum atomic E-state index is 12.9. The average Bonchev–Trinajstić information content (AvgIpc) is 2.90. The fourth-order valence-electron chi connectivity index (χ4n) is 4.30. The van der Waals surface area contributed by atoms with Gasteiger partial charge in [-0.25, -0.2) is 14.0 Å². The van der Waals surface area contributed by atoms with Crippen molar-refractivity contribution in [1.29, 1.82) is 4.78 Å². The van der Waals surface area contributed by atoms with Gasteiger partial charge in [0, 0.05) is 54.3 Å². The van der Waals surface area contributed by atoms with Crippen molar-refractivity contribution in [1.82, 2.24) is 14.9 Å². The van der Waals surface area contributed by atoms with Gasteiger partial charge >= 0.3 is 0 Å². The average molecular weight is 509 g/mol. The molecule has 1 atom stereocenters. The number of nitrogens with one attached hydrogen (secondary N) is 3. The maximum Gasteiger partial charge on any atom is 0.229 e. The number of fused-ring (bicyclic) bond motifs is 4. The van der Waals surface area contributed by atoms with E-state index in [1.54, 1.807) is 12.1 Å². The van der Waals surface area contributed by atoms with E-state index in [1.165, 1.54) is 0 Å². The molecular weight excluding hydrogens is 476 g/mol. The van der Waals surface area contributed by atoms with Crippen molar-refractivity contribution in [3.63, 3.8) is 0 Å². The Morgan fingerprint density at radius 3 is 2.78 bits per heavy atom. The second-order valence-electron chi connectivity index (χ2n) is 8.95. The second-order valence-corrected chi connectivity index (χ2v) is 11.2. The van der Waals surface area contributed by atoms with Crippen LogP contribution in [0.5, 0.6) is 5.75 Å². The van der Waals surface area contributed by atoms with Crippen LogP contribution in [0.3, 0.4) is 0 Å². The highest BCUT2D eigenvalue weighted by atomic mass is 32.2. The molecule has 2 aliphatic heterocycles. The number of aromatic nitrogens is 2. The topological polar surface area (TPSA) is 112 Å². The normalized spacial score (nSPS) is 20.7. The fourth-order valence-corrected chi connectivity index (χ4v) is 5.76. The number of morpholine rings is 1. The summed E-state index contributed by atoms with van der Waals surface area (Å²) in [5.41, 5.74) is 2.60. The predicted molar refractivity (Wildman–Crippen MR) is 142 cm³/mol. The summed E-state index contributed by atoms with van der Waals surface area (Å²) in [5.74, 6) is 2.34. The monoisotopic (exact) mass is 508 g/mol. The van der Waals surface area contributed by atoms with Crippen LogP contribution in [0.1, 0.15) is 12.8 Å². The van der Waals surface area contributed by atoms with Crippen LogP contribution < -0.4 is 15.4 Å². The summed E-state index contributed by atoms with van der Waals surface area (Å²) in [6, 6.07) is 15.2. The van der Waals surface area contributed by atoms with Crippen LogP contribution in [0.15, 0.2) is 59.6 Å². The predicted octanol–water partition coefficient (Wildman–Crippen LogP) is 4.21. The van der Waals surface area contributed by atoms with E-state index in [4.69, 9.17) is 19.2 Å². The van der Waals surface area contributed by atoms with Gasteiger partial charge in [-0.3, -0.25) is 4.90 Å². The van der Waals surface area contributed by atoms with Crippen LogP contribution in [0.2, 0.25) is 0 Å². The first-order chi connectivity index (χ1) is 17.6. The molecule has 190 valence electrons. The summed E-state index contributed by atoms with van der Waals surface area (Å²) < 4.78 is 32.6. The van der Waals surface area contributed by atoms with Gasteiger partial charge in [0.05, 0.1) is 22.9 Å². The van der Waals surface area contributed by atoms with E-state index in [0.29, 0.717) is 41.9 Å². The highest BCUT2D eigenvalue weighted by Gasteiger charge is 2.15. The third-order valence-electron chi connectivity index (χ3n) is 6.36. The molecule has 3 heterocycles. The number of hydrogen-bond acceptors (Lipinski definition) is 9. The molecule has 36 heavy (non-hydrogen) atoms. The van der Waals surface area contributed by atoms with Crippen LogP contribution in [-0.4, -0.2) is 70.8 Å². The third-order valence-corrected chi connectivity index (χ3v) is 8.23. The molecule has 0 saturated carbocycles. The summed E-state index contributed by atoms with van der Waals surface area (Å²) in [5, 5.41) is 6.61. The first-order valence-electron chi connectivity index (χ1n) is 12.3. The summed E-state index contributed by atoms with van der Waals surface area (Å²) in [7, 11) is -2.83. The van der Waals surface area contributed by atoms with Crippen LogP contribution in [0, 0.1) is 4.78 Å². The first kappa shape index (κ1) is 24.5. The SMILES string of the molecule is N=S1(=O)CCCCNc2nc(ncc2-c2ccc(OCCN3CCOCC3)cc2)Nc2cccc1c2. The fraction of sp³-hybridized carbons (Fsp3) is 0.385. The summed E-state index contributed by atoms with van der Waals surface area (Å²) in [6.45, 7) is 5.68. The Morgan fingerprint density at radius 2 is 1.94 bits per heavy atom. The minimum atomic E-state index is -2.83. The van der Waals surface area contributed by atoms with Crippen molar-refractivity contribution in [3.8, 4) is 16.9 Å². The van der Waals surface area contributed by atoms with E-state index in [9.17, 15) is 4.21 Å². The van der Waals surface area contributed by atoms with E-state index in [2.05, 4.69) is 20.5 Å². The van der Waals surface area contributed by atoms with Crippen molar-refractivity contribution >= 4 is 27.2 Å². The zero-order valence-corrected chi connectivity index (χ0v) is 21.1. The Bertz CT molecular complexity index is 1280. The Morgan fingerprint density at radius 1 is 1.11 bits per heavy atom. The Labute approximate surface area is 212 Å². The number of ether oxygens (including phenoxy) is 2. The van der Waals surface area contributed by atoms with Gasteiger partial charge in [-0.15, -0.1) is 0 Å². The lowest BCUT2D eigenvalue weighted by Gasteiger charge is -2.26. The summed E-state index contributed by atoms with van der Waals surface area (Å²) >= 11 is 0. The zero-order valence-electron chi connectivity index (χ0n) is 20.2. The van der Waals surface area contributed by atoms with E-state index in [1.807, 2.05) is 42.6 Å². The molecule has 3 N–H and O–H groups in total. The minimum absolute atomic E-state index is 0.335. The van der Waals surface area contributed by atoms with Gasteiger partial charge in [-0.1, -0.05) is 18.2 Å². The highest BCUT2D eigenvalue weighted by molar-refractivity contribution is 7.92. The number of hydrogen-bond donors (Lipinski definition) is 3. The minimum Gasteiger partial charge on any atom is -0.492 e. The van der Waals surface area contributed by atoms with Crippen LogP contribution in [-0.2, 0) is 14.5 Å². The standard InChI is InChI=1S/C26H32N6O3S/c27-36(33)17-2-1-10-28-25-24(19-29-26(31-25)30-21-4-3-5-23(36)18-21)20-6-8-22(9-7-20)35-16-13-32-11-14-34-15-12-32/h3-9,18-19,27H,1-2,10-17H2,(H2,28,29,30,31). The molecular formula is C26H32N6O3S. The molecule has 9 nitrogen and oxygen atoms in total. The zero-order chi connectivity index (χ0) is 24.8. The first-order valence-corrected chi connectivity index (χ1v) is 14.1. The van der Waals surface area contributed by atoms with E-state index >= 15 is 0 Å². The molecule has 1 unspecified atom stereocenters. The Hall–Kier alpha value is -3.21. The maximum absolute atomic E-state index is 12.9. The molecule has 0 amide bonds. The molecule has 4 bridgehead atoms. The number of anilines is 3. The second kappa shape index (κ2) is 11.2. The van der Waals surface area contributed by atoms with E-state index in [0.717, 1.165) is 62.0 Å². The van der Waals surface area contributed by atoms with Crippen molar-refractivity contribution in [3.05, 3.63) is 54.7 Å².